The monoisotopic (exact) mass is 207 g/mol. The molecule has 1 aliphatic rings. The number of nitrogens with two attached hydrogens (primary N) is 1. The van der Waals surface area contributed by atoms with Crippen molar-refractivity contribution in [2.45, 2.75) is 18.8 Å². The molecule has 1 aromatic rings. The van der Waals surface area contributed by atoms with Crippen LogP contribution in [0.4, 0.5) is 5.69 Å². The van der Waals surface area contributed by atoms with Crippen molar-refractivity contribution in [3.05, 3.63) is 23.8 Å². The first-order chi connectivity index (χ1) is 7.31. The van der Waals surface area contributed by atoms with E-state index in [1.807, 2.05) is 18.2 Å². The minimum atomic E-state index is 0.597. The van der Waals surface area contributed by atoms with Crippen LogP contribution in [-0.4, -0.2) is 20.3 Å². The normalized spacial score (nSPS) is 15.3. The lowest BCUT2D eigenvalue weighted by Crippen LogP contribution is -2.06. The van der Waals surface area contributed by atoms with Crippen LogP contribution in [0.3, 0.4) is 0 Å². The van der Waals surface area contributed by atoms with E-state index >= 15 is 0 Å². The zero-order valence-electron chi connectivity index (χ0n) is 9.03. The van der Waals surface area contributed by atoms with Crippen molar-refractivity contribution < 1.29 is 9.47 Å². The number of rotatable bonds is 5. The van der Waals surface area contributed by atoms with Crippen LogP contribution in [0, 0.1) is 0 Å². The molecule has 2 rings (SSSR count). The standard InChI is InChI=1S/C12H17NO2/c1-14-6-7-15-12-5-4-10(13)8-11(12)9-2-3-9/h4-5,8-9H,2-3,6-7,13H2,1H3. The molecule has 0 atom stereocenters. The van der Waals surface area contributed by atoms with E-state index in [2.05, 4.69) is 0 Å². The van der Waals surface area contributed by atoms with Crippen LogP contribution in [0.25, 0.3) is 0 Å². The largest absolute Gasteiger partial charge is 0.491 e. The Balaban J connectivity index is 2.07. The maximum absolute atomic E-state index is 5.77. The highest BCUT2D eigenvalue weighted by Crippen LogP contribution is 2.44. The van der Waals surface area contributed by atoms with Gasteiger partial charge in [0.15, 0.2) is 0 Å². The molecule has 3 heteroatoms. The van der Waals surface area contributed by atoms with Gasteiger partial charge < -0.3 is 15.2 Å². The van der Waals surface area contributed by atoms with Crippen LogP contribution in [0.2, 0.25) is 0 Å². The van der Waals surface area contributed by atoms with Crippen LogP contribution >= 0.6 is 0 Å². The van der Waals surface area contributed by atoms with Gasteiger partial charge in [-0.05, 0) is 42.5 Å². The lowest BCUT2D eigenvalue weighted by molar-refractivity contribution is 0.146. The van der Waals surface area contributed by atoms with Crippen LogP contribution in [-0.2, 0) is 4.74 Å². The molecular weight excluding hydrogens is 190 g/mol. The summed E-state index contributed by atoms with van der Waals surface area (Å²) in [6.07, 6.45) is 2.51. The lowest BCUT2D eigenvalue weighted by atomic mass is 10.1. The molecule has 0 saturated heterocycles. The number of hydrogen-bond donors (Lipinski definition) is 1. The Bertz CT molecular complexity index is 334. The Morgan fingerprint density at radius 2 is 2.13 bits per heavy atom. The summed E-state index contributed by atoms with van der Waals surface area (Å²) in [5.41, 5.74) is 7.84. The van der Waals surface area contributed by atoms with Crippen LogP contribution in [0.15, 0.2) is 18.2 Å². The van der Waals surface area contributed by atoms with Crippen molar-refractivity contribution in [2.75, 3.05) is 26.1 Å². The summed E-state index contributed by atoms with van der Waals surface area (Å²) in [7, 11) is 1.67. The molecule has 3 nitrogen and oxygen atoms in total. The Labute approximate surface area is 90.2 Å². The van der Waals surface area contributed by atoms with Gasteiger partial charge >= 0.3 is 0 Å². The van der Waals surface area contributed by atoms with E-state index in [1.54, 1.807) is 7.11 Å². The third-order valence-electron chi connectivity index (χ3n) is 2.60. The molecule has 0 bridgehead atoms. The molecule has 0 heterocycles. The van der Waals surface area contributed by atoms with Crippen LogP contribution in [0.5, 0.6) is 5.75 Å². The maximum Gasteiger partial charge on any atom is 0.123 e. The molecule has 0 amide bonds. The van der Waals surface area contributed by atoms with E-state index in [-0.39, 0.29) is 0 Å². The van der Waals surface area contributed by atoms with E-state index in [0.717, 1.165) is 11.4 Å². The minimum absolute atomic E-state index is 0.597. The quantitative estimate of drug-likeness (QED) is 0.594. The van der Waals surface area contributed by atoms with Gasteiger partial charge in [0.05, 0.1) is 6.61 Å². The number of nitrogen functional groups attached to an aromatic ring is 1. The summed E-state index contributed by atoms with van der Waals surface area (Å²) in [6, 6.07) is 5.87. The molecule has 0 radical (unpaired) electrons. The molecule has 82 valence electrons. The number of benzene rings is 1. The molecule has 0 spiro atoms. The fraction of sp³-hybridized carbons (Fsp3) is 0.500. The van der Waals surface area contributed by atoms with Gasteiger partial charge in [0.2, 0.25) is 0 Å². The van der Waals surface area contributed by atoms with Gasteiger partial charge in [-0.2, -0.15) is 0 Å². The Hall–Kier alpha value is -1.22. The Kier molecular flexibility index (Phi) is 3.11. The minimum Gasteiger partial charge on any atom is -0.491 e. The summed E-state index contributed by atoms with van der Waals surface area (Å²) >= 11 is 0. The summed E-state index contributed by atoms with van der Waals surface area (Å²) in [5, 5.41) is 0. The zero-order chi connectivity index (χ0) is 10.7. The second kappa shape index (κ2) is 4.53. The maximum atomic E-state index is 5.77. The van der Waals surface area contributed by atoms with E-state index in [9.17, 15) is 0 Å². The zero-order valence-corrected chi connectivity index (χ0v) is 9.03. The van der Waals surface area contributed by atoms with Crippen molar-refractivity contribution in [2.24, 2.45) is 0 Å². The third kappa shape index (κ3) is 2.63. The molecule has 1 aliphatic carbocycles. The van der Waals surface area contributed by atoms with Crippen molar-refractivity contribution >= 4 is 5.69 Å². The fourth-order valence-electron chi connectivity index (χ4n) is 1.65. The lowest BCUT2D eigenvalue weighted by Gasteiger charge is -2.11. The van der Waals surface area contributed by atoms with Crippen molar-refractivity contribution in [3.8, 4) is 5.75 Å². The van der Waals surface area contributed by atoms with Gasteiger partial charge in [0, 0.05) is 12.8 Å². The molecule has 15 heavy (non-hydrogen) atoms. The van der Waals surface area contributed by atoms with Crippen molar-refractivity contribution in [1.29, 1.82) is 0 Å². The van der Waals surface area contributed by atoms with E-state index in [1.165, 1.54) is 18.4 Å². The first-order valence-electron chi connectivity index (χ1n) is 5.32. The van der Waals surface area contributed by atoms with E-state index in [4.69, 9.17) is 15.2 Å². The average Bonchev–Trinajstić information content (AvgIpc) is 3.04. The average molecular weight is 207 g/mol. The molecular formula is C12H17NO2. The van der Waals surface area contributed by atoms with Gasteiger partial charge in [0.1, 0.15) is 12.4 Å². The van der Waals surface area contributed by atoms with Gasteiger partial charge in [-0.3, -0.25) is 0 Å². The second-order valence-electron chi connectivity index (χ2n) is 3.91. The van der Waals surface area contributed by atoms with Crippen molar-refractivity contribution in [1.82, 2.24) is 0 Å². The molecule has 1 saturated carbocycles. The predicted molar refractivity (Wildman–Crippen MR) is 60.2 cm³/mol. The molecule has 0 unspecified atom stereocenters. The van der Waals surface area contributed by atoms with Gasteiger partial charge in [-0.25, -0.2) is 0 Å². The van der Waals surface area contributed by atoms with Gasteiger partial charge in [0.25, 0.3) is 0 Å². The highest BCUT2D eigenvalue weighted by molar-refractivity contribution is 5.50. The van der Waals surface area contributed by atoms with Crippen LogP contribution < -0.4 is 10.5 Å². The Morgan fingerprint density at radius 1 is 1.33 bits per heavy atom. The summed E-state index contributed by atoms with van der Waals surface area (Å²) < 4.78 is 10.6. The first-order valence-corrected chi connectivity index (χ1v) is 5.32. The highest BCUT2D eigenvalue weighted by atomic mass is 16.5. The summed E-state index contributed by atoms with van der Waals surface area (Å²) in [6.45, 7) is 1.22. The highest BCUT2D eigenvalue weighted by Gasteiger charge is 2.26. The number of methoxy groups -OCH3 is 1. The number of ether oxygens (including phenoxy) is 2. The third-order valence-corrected chi connectivity index (χ3v) is 2.60. The Morgan fingerprint density at radius 3 is 2.80 bits per heavy atom. The first kappa shape index (κ1) is 10.3. The van der Waals surface area contributed by atoms with Gasteiger partial charge in [-0.1, -0.05) is 0 Å². The van der Waals surface area contributed by atoms with E-state index in [0.29, 0.717) is 19.1 Å². The summed E-state index contributed by atoms with van der Waals surface area (Å²) in [5.74, 6) is 1.62. The SMILES string of the molecule is COCCOc1ccc(N)cc1C1CC1. The smallest absolute Gasteiger partial charge is 0.123 e. The molecule has 1 aromatic carbocycles. The number of hydrogen-bond acceptors (Lipinski definition) is 3. The van der Waals surface area contributed by atoms with Crippen molar-refractivity contribution in [3.63, 3.8) is 0 Å². The van der Waals surface area contributed by atoms with Crippen LogP contribution in [0.1, 0.15) is 24.3 Å². The second-order valence-corrected chi connectivity index (χ2v) is 3.91. The topological polar surface area (TPSA) is 44.5 Å². The molecule has 2 N–H and O–H groups in total. The molecule has 0 aliphatic heterocycles. The fourth-order valence-corrected chi connectivity index (χ4v) is 1.65. The summed E-state index contributed by atoms with van der Waals surface area (Å²) in [4.78, 5) is 0. The van der Waals surface area contributed by atoms with E-state index < -0.39 is 0 Å². The van der Waals surface area contributed by atoms with Gasteiger partial charge in [-0.15, -0.1) is 0 Å². The number of anilines is 1. The predicted octanol–water partition coefficient (Wildman–Crippen LogP) is 2.17. The molecule has 0 aromatic heterocycles. The molecule has 1 fully saturated rings.